The Labute approximate surface area is 117 Å². The topological polar surface area (TPSA) is 19.4 Å². The lowest BCUT2D eigenvalue weighted by Gasteiger charge is -2.43. The van der Waals surface area contributed by atoms with Gasteiger partial charge < -0.3 is 4.90 Å². The molecule has 3 rings (SSSR count). The van der Waals surface area contributed by atoms with Gasteiger partial charge in [-0.3, -0.25) is 4.90 Å². The van der Waals surface area contributed by atoms with Crippen molar-refractivity contribution < 1.29 is 0 Å². The summed E-state index contributed by atoms with van der Waals surface area (Å²) in [5.74, 6) is 1.17. The molecule has 4 heteroatoms. The number of anilines is 1. The van der Waals surface area contributed by atoms with Crippen LogP contribution in [0.3, 0.4) is 0 Å². The molecule has 2 aliphatic heterocycles. The van der Waals surface area contributed by atoms with Crippen LogP contribution in [0.15, 0.2) is 18.3 Å². The van der Waals surface area contributed by atoms with Gasteiger partial charge in [-0.25, -0.2) is 4.98 Å². The van der Waals surface area contributed by atoms with Crippen LogP contribution in [0.2, 0.25) is 0 Å². The number of aromatic nitrogens is 1. The van der Waals surface area contributed by atoms with Crippen molar-refractivity contribution in [3.05, 3.63) is 23.9 Å². The molecule has 3 heterocycles. The van der Waals surface area contributed by atoms with Crippen molar-refractivity contribution in [1.82, 2.24) is 9.88 Å². The predicted molar refractivity (Wildman–Crippen MR) is 78.3 cm³/mol. The van der Waals surface area contributed by atoms with E-state index in [1.807, 2.05) is 12.3 Å². The zero-order valence-electron chi connectivity index (χ0n) is 10.8. The fourth-order valence-electron chi connectivity index (χ4n) is 3.28. The molecule has 2 atom stereocenters. The number of fused-ring (bicyclic) bond motifs is 1. The van der Waals surface area contributed by atoms with Crippen molar-refractivity contribution in [3.8, 4) is 0 Å². The third kappa shape index (κ3) is 2.16. The van der Waals surface area contributed by atoms with E-state index in [2.05, 4.69) is 43.7 Å². The Morgan fingerprint density at radius 2 is 2.33 bits per heavy atom. The molecule has 18 heavy (non-hydrogen) atoms. The number of rotatable bonds is 2. The van der Waals surface area contributed by atoms with Crippen LogP contribution < -0.4 is 4.90 Å². The lowest BCUT2D eigenvalue weighted by molar-refractivity contribution is 0.202. The van der Waals surface area contributed by atoms with Gasteiger partial charge in [0.05, 0.1) is 0 Å². The minimum atomic E-state index is 0.562. The molecule has 2 fully saturated rings. The molecule has 98 valence electrons. The third-order valence-electron chi connectivity index (χ3n) is 4.22. The first kappa shape index (κ1) is 12.4. The highest BCUT2D eigenvalue weighted by atomic mass is 79.9. The maximum Gasteiger partial charge on any atom is 0.132 e. The molecule has 0 spiro atoms. The van der Waals surface area contributed by atoms with Crippen LogP contribution in [0.25, 0.3) is 0 Å². The van der Waals surface area contributed by atoms with E-state index >= 15 is 0 Å². The summed E-state index contributed by atoms with van der Waals surface area (Å²) in [4.78, 5) is 9.77. The molecule has 0 saturated carbocycles. The van der Waals surface area contributed by atoms with Gasteiger partial charge in [-0.2, -0.15) is 0 Å². The second-order valence-corrected chi connectivity index (χ2v) is 5.97. The number of hydrogen-bond acceptors (Lipinski definition) is 3. The van der Waals surface area contributed by atoms with Gasteiger partial charge in [-0.05, 0) is 32.4 Å². The molecule has 2 saturated heterocycles. The highest BCUT2D eigenvalue weighted by molar-refractivity contribution is 9.08. The average Bonchev–Trinajstić information content (AvgIpc) is 2.84. The zero-order valence-corrected chi connectivity index (χ0v) is 12.4. The summed E-state index contributed by atoms with van der Waals surface area (Å²) in [7, 11) is 0. The Bertz CT molecular complexity index is 423. The first-order chi connectivity index (χ1) is 8.79. The highest BCUT2D eigenvalue weighted by Gasteiger charge is 2.35. The van der Waals surface area contributed by atoms with Crippen LogP contribution in [0, 0.1) is 0 Å². The molecular weight excluding hydrogens is 290 g/mol. The van der Waals surface area contributed by atoms with Gasteiger partial charge in [0, 0.05) is 42.3 Å². The van der Waals surface area contributed by atoms with Crippen LogP contribution >= 0.6 is 15.9 Å². The van der Waals surface area contributed by atoms with Crippen molar-refractivity contribution in [3.63, 3.8) is 0 Å². The van der Waals surface area contributed by atoms with E-state index in [9.17, 15) is 0 Å². The SMILES string of the molecule is CC1CN2CCCC2CN1c1ncccc1CBr. The van der Waals surface area contributed by atoms with E-state index in [0.29, 0.717) is 6.04 Å². The number of pyridine rings is 1. The maximum atomic E-state index is 4.62. The lowest BCUT2D eigenvalue weighted by atomic mass is 10.1. The quantitative estimate of drug-likeness (QED) is 0.783. The van der Waals surface area contributed by atoms with Crippen molar-refractivity contribution in [2.45, 2.75) is 37.2 Å². The van der Waals surface area contributed by atoms with Gasteiger partial charge in [-0.15, -0.1) is 0 Å². The number of halogens is 1. The van der Waals surface area contributed by atoms with Crippen molar-refractivity contribution in [2.75, 3.05) is 24.5 Å². The van der Waals surface area contributed by atoms with Crippen LogP contribution in [-0.4, -0.2) is 41.6 Å². The second-order valence-electron chi connectivity index (χ2n) is 5.41. The van der Waals surface area contributed by atoms with Crippen LogP contribution in [0.4, 0.5) is 5.82 Å². The van der Waals surface area contributed by atoms with Gasteiger partial charge >= 0.3 is 0 Å². The van der Waals surface area contributed by atoms with E-state index in [-0.39, 0.29) is 0 Å². The van der Waals surface area contributed by atoms with Crippen LogP contribution in [-0.2, 0) is 5.33 Å². The number of piperazine rings is 1. The molecule has 2 aliphatic rings. The fourth-order valence-corrected chi connectivity index (χ4v) is 3.71. The molecule has 0 bridgehead atoms. The van der Waals surface area contributed by atoms with Gasteiger partial charge in [-0.1, -0.05) is 22.0 Å². The van der Waals surface area contributed by atoms with E-state index in [1.54, 1.807) is 0 Å². The summed E-state index contributed by atoms with van der Waals surface area (Å²) in [6.07, 6.45) is 4.62. The van der Waals surface area contributed by atoms with E-state index in [4.69, 9.17) is 0 Å². The third-order valence-corrected chi connectivity index (χ3v) is 4.82. The van der Waals surface area contributed by atoms with Gasteiger partial charge in [0.1, 0.15) is 5.82 Å². The van der Waals surface area contributed by atoms with Crippen molar-refractivity contribution in [1.29, 1.82) is 0 Å². The summed E-state index contributed by atoms with van der Waals surface area (Å²) >= 11 is 3.57. The van der Waals surface area contributed by atoms with Gasteiger partial charge in [0.15, 0.2) is 0 Å². The van der Waals surface area contributed by atoms with E-state index in [0.717, 1.165) is 17.9 Å². The van der Waals surface area contributed by atoms with Gasteiger partial charge in [0.2, 0.25) is 0 Å². The Kier molecular flexibility index (Phi) is 3.57. The van der Waals surface area contributed by atoms with Crippen LogP contribution in [0.1, 0.15) is 25.3 Å². The highest BCUT2D eigenvalue weighted by Crippen LogP contribution is 2.29. The van der Waals surface area contributed by atoms with Crippen molar-refractivity contribution >= 4 is 21.7 Å². The summed E-state index contributed by atoms with van der Waals surface area (Å²) in [6.45, 7) is 5.93. The molecule has 0 radical (unpaired) electrons. The largest absolute Gasteiger partial charge is 0.351 e. The minimum Gasteiger partial charge on any atom is -0.351 e. The summed E-state index contributed by atoms with van der Waals surface area (Å²) in [5, 5.41) is 0.883. The molecule has 1 aromatic heterocycles. The molecule has 1 aromatic rings. The Morgan fingerprint density at radius 3 is 3.17 bits per heavy atom. The Hall–Kier alpha value is -0.610. The Morgan fingerprint density at radius 1 is 1.44 bits per heavy atom. The van der Waals surface area contributed by atoms with Crippen molar-refractivity contribution in [2.24, 2.45) is 0 Å². The van der Waals surface area contributed by atoms with Crippen LogP contribution in [0.5, 0.6) is 0 Å². The number of alkyl halides is 1. The summed E-state index contributed by atoms with van der Waals surface area (Å²) in [6, 6.07) is 5.50. The first-order valence-corrected chi connectivity index (χ1v) is 7.92. The fraction of sp³-hybridized carbons (Fsp3) is 0.643. The molecule has 0 amide bonds. The predicted octanol–water partition coefficient (Wildman–Crippen LogP) is 2.65. The monoisotopic (exact) mass is 309 g/mol. The lowest BCUT2D eigenvalue weighted by Crippen LogP contribution is -2.55. The summed E-state index contributed by atoms with van der Waals surface area (Å²) < 4.78 is 0. The van der Waals surface area contributed by atoms with E-state index in [1.165, 1.54) is 37.3 Å². The second kappa shape index (κ2) is 5.17. The zero-order chi connectivity index (χ0) is 12.5. The average molecular weight is 310 g/mol. The van der Waals surface area contributed by atoms with Gasteiger partial charge in [0.25, 0.3) is 0 Å². The smallest absolute Gasteiger partial charge is 0.132 e. The maximum absolute atomic E-state index is 4.62. The Balaban J connectivity index is 1.86. The number of nitrogens with zero attached hydrogens (tertiary/aromatic N) is 3. The minimum absolute atomic E-state index is 0.562. The molecular formula is C14H20BrN3. The standard InChI is InChI=1S/C14H20BrN3/c1-11-9-17-7-3-5-13(17)10-18(11)14-12(8-15)4-2-6-16-14/h2,4,6,11,13H,3,5,7-10H2,1H3. The molecule has 0 aliphatic carbocycles. The van der Waals surface area contributed by atoms with E-state index < -0.39 is 0 Å². The first-order valence-electron chi connectivity index (χ1n) is 6.80. The molecule has 2 unspecified atom stereocenters. The normalized spacial score (nSPS) is 28.4. The molecule has 0 N–H and O–H groups in total. The number of hydrogen-bond donors (Lipinski definition) is 0. The summed E-state index contributed by atoms with van der Waals surface area (Å²) in [5.41, 5.74) is 1.30. The molecule has 0 aromatic carbocycles. The molecule has 3 nitrogen and oxygen atoms in total.